The van der Waals surface area contributed by atoms with Gasteiger partial charge in [0.15, 0.2) is 17.2 Å². The molecule has 26 heavy (non-hydrogen) atoms. The van der Waals surface area contributed by atoms with Crippen LogP contribution in [0.4, 0.5) is 14.5 Å². The number of fused-ring (bicyclic) bond motifs is 1. The first-order valence-corrected chi connectivity index (χ1v) is 7.77. The van der Waals surface area contributed by atoms with E-state index >= 15 is 0 Å². The van der Waals surface area contributed by atoms with Crippen molar-refractivity contribution in [2.75, 3.05) is 24.5 Å². The van der Waals surface area contributed by atoms with E-state index in [2.05, 4.69) is 12.2 Å². The van der Waals surface area contributed by atoms with Crippen molar-refractivity contribution in [3.05, 3.63) is 42.2 Å². The summed E-state index contributed by atoms with van der Waals surface area (Å²) in [4.78, 5) is 21.1. The van der Waals surface area contributed by atoms with Crippen LogP contribution in [-0.4, -0.2) is 47.8 Å². The Morgan fingerprint density at radius 2 is 1.96 bits per heavy atom. The first-order chi connectivity index (χ1) is 12.3. The highest BCUT2D eigenvalue weighted by Gasteiger charge is 2.22. The van der Waals surface area contributed by atoms with E-state index in [9.17, 15) is 18.4 Å². The van der Waals surface area contributed by atoms with Gasteiger partial charge in [0.1, 0.15) is 0 Å². The Morgan fingerprint density at radius 1 is 1.31 bits per heavy atom. The van der Waals surface area contributed by atoms with Crippen LogP contribution in [0.1, 0.15) is 6.92 Å². The van der Waals surface area contributed by atoms with Crippen LogP contribution in [0.2, 0.25) is 0 Å². The van der Waals surface area contributed by atoms with Crippen molar-refractivity contribution in [3.63, 3.8) is 0 Å². The lowest BCUT2D eigenvalue weighted by Crippen LogP contribution is -2.49. The van der Waals surface area contributed by atoms with Crippen molar-refractivity contribution >= 4 is 28.6 Å². The summed E-state index contributed by atoms with van der Waals surface area (Å²) < 4.78 is 32.5. The maximum atomic E-state index is 13.6. The van der Waals surface area contributed by atoms with Crippen LogP contribution in [-0.2, 0) is 9.59 Å². The van der Waals surface area contributed by atoms with Gasteiger partial charge in [-0.2, -0.15) is 0 Å². The molecule has 0 bridgehead atoms. The maximum absolute atomic E-state index is 13.6. The number of nitrogens with zero attached hydrogens (tertiary/aromatic N) is 1. The molecule has 1 aromatic carbocycles. The van der Waals surface area contributed by atoms with Crippen molar-refractivity contribution in [2.24, 2.45) is 0 Å². The van der Waals surface area contributed by atoms with Gasteiger partial charge in [-0.25, -0.2) is 18.4 Å². The molecule has 140 valence electrons. The van der Waals surface area contributed by atoms with Crippen molar-refractivity contribution in [3.8, 4) is 0 Å². The number of piperazine rings is 1. The summed E-state index contributed by atoms with van der Waals surface area (Å²) in [5, 5.41) is 19.1. The predicted octanol–water partition coefficient (Wildman–Crippen LogP) is 2.22. The lowest BCUT2D eigenvalue weighted by Gasteiger charge is -2.33. The quantitative estimate of drug-likeness (QED) is 0.714. The molecule has 1 saturated heterocycles. The van der Waals surface area contributed by atoms with Gasteiger partial charge in [-0.05, 0) is 13.0 Å². The van der Waals surface area contributed by atoms with Gasteiger partial charge >= 0.3 is 11.9 Å². The molecular formula is C17H18F2N2O5. The second-order valence-corrected chi connectivity index (χ2v) is 5.67. The minimum absolute atomic E-state index is 0.205. The van der Waals surface area contributed by atoms with Gasteiger partial charge in [0.2, 0.25) is 0 Å². The summed E-state index contributed by atoms with van der Waals surface area (Å²) in [6.45, 7) is 4.39. The normalized spacial score (nSPS) is 17.2. The average molecular weight is 368 g/mol. The third kappa shape index (κ3) is 4.79. The molecule has 1 aromatic heterocycles. The fraction of sp³-hybridized carbons (Fsp3) is 0.294. The molecule has 0 radical (unpaired) electrons. The number of aliphatic carboxylic acids is 2. The largest absolute Gasteiger partial charge is 0.478 e. The van der Waals surface area contributed by atoms with Gasteiger partial charge in [-0.15, -0.1) is 0 Å². The Labute approximate surface area is 147 Å². The molecule has 2 heterocycles. The van der Waals surface area contributed by atoms with E-state index in [1.807, 2.05) is 4.90 Å². The van der Waals surface area contributed by atoms with E-state index in [1.165, 1.54) is 18.4 Å². The van der Waals surface area contributed by atoms with Crippen LogP contribution in [0.15, 0.2) is 35.0 Å². The van der Waals surface area contributed by atoms with E-state index in [1.54, 1.807) is 0 Å². The summed E-state index contributed by atoms with van der Waals surface area (Å²) in [5.74, 6) is -4.18. The van der Waals surface area contributed by atoms with Gasteiger partial charge < -0.3 is 24.8 Å². The summed E-state index contributed by atoms with van der Waals surface area (Å²) in [7, 11) is 0. The lowest BCUT2D eigenvalue weighted by molar-refractivity contribution is -0.134. The zero-order valence-corrected chi connectivity index (χ0v) is 13.9. The molecule has 1 fully saturated rings. The SMILES string of the molecule is C[C@H]1CN(c2cc(F)c(F)c3ccoc23)CCN1.O=C(O)/C=C/C(=O)O. The fourth-order valence-electron chi connectivity index (χ4n) is 2.59. The zero-order valence-electron chi connectivity index (χ0n) is 13.9. The Hall–Kier alpha value is -2.94. The van der Waals surface area contributed by atoms with Crippen molar-refractivity contribution in [1.82, 2.24) is 5.32 Å². The number of furan rings is 1. The molecule has 0 saturated carbocycles. The minimum atomic E-state index is -1.26. The lowest BCUT2D eigenvalue weighted by atomic mass is 10.1. The standard InChI is InChI=1S/C13H14F2N2O.C4H4O4/c1-8-7-17(4-3-16-8)11-6-10(14)12(15)9-2-5-18-13(9)11;5-3(6)1-2-4(7)8/h2,5-6,8,16H,3-4,7H2,1H3;1-2H,(H,5,6)(H,7,8)/b;2-1+/t8-;/m0./s1. The summed E-state index contributed by atoms with van der Waals surface area (Å²) >= 11 is 0. The number of hydrogen-bond acceptors (Lipinski definition) is 5. The van der Waals surface area contributed by atoms with Crippen LogP contribution in [0.5, 0.6) is 0 Å². The number of rotatable bonds is 3. The second kappa shape index (κ2) is 8.43. The third-order valence-corrected chi connectivity index (χ3v) is 3.69. The van der Waals surface area contributed by atoms with Gasteiger partial charge in [0, 0.05) is 43.9 Å². The first kappa shape index (κ1) is 19.4. The number of nitrogens with one attached hydrogen (secondary N) is 1. The molecule has 0 aliphatic carbocycles. The Kier molecular flexibility index (Phi) is 6.29. The first-order valence-electron chi connectivity index (χ1n) is 7.77. The Bertz CT molecular complexity index is 818. The number of hydrogen-bond donors (Lipinski definition) is 3. The molecular weight excluding hydrogens is 350 g/mol. The van der Waals surface area contributed by atoms with E-state index in [4.69, 9.17) is 14.6 Å². The number of carboxylic acids is 2. The number of anilines is 1. The molecule has 7 nitrogen and oxygen atoms in total. The molecule has 1 atom stereocenters. The van der Waals surface area contributed by atoms with Crippen LogP contribution < -0.4 is 10.2 Å². The van der Waals surface area contributed by atoms with Crippen LogP contribution in [0, 0.1) is 11.6 Å². The van der Waals surface area contributed by atoms with Crippen LogP contribution >= 0.6 is 0 Å². The fourth-order valence-corrected chi connectivity index (χ4v) is 2.59. The molecule has 0 amide bonds. The van der Waals surface area contributed by atoms with Crippen molar-refractivity contribution in [1.29, 1.82) is 0 Å². The van der Waals surface area contributed by atoms with Gasteiger partial charge in [-0.1, -0.05) is 0 Å². The highest BCUT2D eigenvalue weighted by Crippen LogP contribution is 2.32. The monoisotopic (exact) mass is 368 g/mol. The van der Waals surface area contributed by atoms with Gasteiger partial charge in [0.05, 0.1) is 17.3 Å². The summed E-state index contributed by atoms with van der Waals surface area (Å²) in [6, 6.07) is 3.00. The predicted molar refractivity (Wildman–Crippen MR) is 90.2 cm³/mol. The van der Waals surface area contributed by atoms with Crippen molar-refractivity contribution < 1.29 is 33.0 Å². The number of halogens is 2. The number of carbonyl (C=O) groups is 2. The van der Waals surface area contributed by atoms with E-state index in [0.29, 0.717) is 29.5 Å². The Morgan fingerprint density at radius 3 is 2.54 bits per heavy atom. The molecule has 0 spiro atoms. The maximum Gasteiger partial charge on any atom is 0.328 e. The Balaban J connectivity index is 0.000000260. The van der Waals surface area contributed by atoms with E-state index in [-0.39, 0.29) is 5.39 Å². The molecule has 0 unspecified atom stereocenters. The van der Waals surface area contributed by atoms with Gasteiger partial charge in [-0.3, -0.25) is 0 Å². The highest BCUT2D eigenvalue weighted by atomic mass is 19.2. The average Bonchev–Trinajstić information content (AvgIpc) is 3.07. The zero-order chi connectivity index (χ0) is 19.3. The summed E-state index contributed by atoms with van der Waals surface area (Å²) in [5.41, 5.74) is 1.05. The van der Waals surface area contributed by atoms with E-state index < -0.39 is 23.6 Å². The third-order valence-electron chi connectivity index (χ3n) is 3.69. The molecule has 1 aliphatic heterocycles. The van der Waals surface area contributed by atoms with Crippen LogP contribution in [0.3, 0.4) is 0 Å². The minimum Gasteiger partial charge on any atom is -0.478 e. The molecule has 3 N–H and O–H groups in total. The molecule has 2 aromatic rings. The number of carboxylic acid groups (broad SMARTS) is 2. The second-order valence-electron chi connectivity index (χ2n) is 5.67. The molecule has 1 aliphatic rings. The topological polar surface area (TPSA) is 103 Å². The molecule has 3 rings (SSSR count). The van der Waals surface area contributed by atoms with Crippen molar-refractivity contribution in [2.45, 2.75) is 13.0 Å². The highest BCUT2D eigenvalue weighted by molar-refractivity contribution is 5.90. The summed E-state index contributed by atoms with van der Waals surface area (Å²) in [6.07, 6.45) is 2.51. The van der Waals surface area contributed by atoms with Crippen LogP contribution in [0.25, 0.3) is 11.0 Å². The smallest absolute Gasteiger partial charge is 0.328 e. The van der Waals surface area contributed by atoms with Gasteiger partial charge in [0.25, 0.3) is 0 Å². The molecule has 9 heteroatoms. The van der Waals surface area contributed by atoms with E-state index in [0.717, 1.165) is 19.6 Å². The number of benzene rings is 1.